The fraction of sp³-hybridized carbons (Fsp3) is 0.562. The molecule has 1 aromatic rings. The summed E-state index contributed by atoms with van der Waals surface area (Å²) >= 11 is 0. The van der Waals surface area contributed by atoms with Crippen LogP contribution >= 0.6 is 0 Å². The Bertz CT molecular complexity index is 575. The van der Waals surface area contributed by atoms with Crippen LogP contribution in [0.2, 0.25) is 0 Å². The molecule has 22 heavy (non-hydrogen) atoms. The predicted octanol–water partition coefficient (Wildman–Crippen LogP) is 2.16. The van der Waals surface area contributed by atoms with Gasteiger partial charge in [-0.05, 0) is 37.3 Å². The summed E-state index contributed by atoms with van der Waals surface area (Å²) in [6.07, 6.45) is 2.58. The number of benzene rings is 1. The molecule has 1 atom stereocenters. The molecule has 120 valence electrons. The Morgan fingerprint density at radius 1 is 1.41 bits per heavy atom. The fourth-order valence-electron chi connectivity index (χ4n) is 3.11. The van der Waals surface area contributed by atoms with E-state index in [9.17, 15) is 18.7 Å². The van der Waals surface area contributed by atoms with Gasteiger partial charge in [0.15, 0.2) is 0 Å². The highest BCUT2D eigenvalue weighted by molar-refractivity contribution is 5.74. The third kappa shape index (κ3) is 3.06. The van der Waals surface area contributed by atoms with Crippen LogP contribution in [0.5, 0.6) is 0 Å². The lowest BCUT2D eigenvalue weighted by Gasteiger charge is -2.30. The number of hydrogen-bond acceptors (Lipinski definition) is 2. The Kier molecular flexibility index (Phi) is 4.04. The van der Waals surface area contributed by atoms with Crippen LogP contribution in [0.4, 0.5) is 13.6 Å². The summed E-state index contributed by atoms with van der Waals surface area (Å²) < 4.78 is 26.9. The molecule has 6 heteroatoms. The first kappa shape index (κ1) is 15.2. The summed E-state index contributed by atoms with van der Waals surface area (Å²) in [6.45, 7) is 1.30. The van der Waals surface area contributed by atoms with E-state index in [2.05, 4.69) is 5.32 Å². The average molecular weight is 310 g/mol. The maximum atomic E-state index is 13.9. The van der Waals surface area contributed by atoms with Gasteiger partial charge >= 0.3 is 6.03 Å². The van der Waals surface area contributed by atoms with Crippen LogP contribution in [0.25, 0.3) is 0 Å². The molecule has 4 nitrogen and oxygen atoms in total. The Morgan fingerprint density at radius 2 is 2.18 bits per heavy atom. The molecule has 0 bridgehead atoms. The number of rotatable bonds is 3. The molecule has 1 unspecified atom stereocenters. The van der Waals surface area contributed by atoms with Crippen molar-refractivity contribution in [2.75, 3.05) is 19.6 Å². The number of nitrogens with zero attached hydrogens (tertiary/aromatic N) is 1. The molecule has 0 aromatic heterocycles. The van der Waals surface area contributed by atoms with E-state index in [0.29, 0.717) is 31.6 Å². The zero-order chi connectivity index (χ0) is 15.7. The van der Waals surface area contributed by atoms with Gasteiger partial charge < -0.3 is 15.3 Å². The van der Waals surface area contributed by atoms with Crippen molar-refractivity contribution in [3.8, 4) is 0 Å². The number of aliphatic hydroxyl groups is 1. The molecule has 1 heterocycles. The number of amides is 2. The number of hydrogen-bond donors (Lipinski definition) is 2. The molecule has 2 aliphatic rings. The van der Waals surface area contributed by atoms with Gasteiger partial charge in [0.25, 0.3) is 0 Å². The summed E-state index contributed by atoms with van der Waals surface area (Å²) in [5, 5.41) is 12.4. The molecule has 1 aromatic carbocycles. The molecule has 0 radical (unpaired) electrons. The molecule has 3 rings (SSSR count). The number of carbonyl (C=O) groups excluding carboxylic acids is 1. The van der Waals surface area contributed by atoms with E-state index in [4.69, 9.17) is 0 Å². The number of piperidine rings is 1. The van der Waals surface area contributed by atoms with Crippen LogP contribution in [0.1, 0.15) is 31.2 Å². The summed E-state index contributed by atoms with van der Waals surface area (Å²) in [4.78, 5) is 13.7. The minimum Gasteiger partial charge on any atom is -0.391 e. The van der Waals surface area contributed by atoms with Gasteiger partial charge in [-0.2, -0.15) is 0 Å². The first-order valence-electron chi connectivity index (χ1n) is 7.67. The number of halogens is 2. The molecular weight excluding hydrogens is 290 g/mol. The molecule has 2 fully saturated rings. The standard InChI is InChI=1S/C16H20F2N2O2/c17-11-3-4-13(14(18)8-11)16(5-6-16)10-19-15(22)20-7-1-2-12(21)9-20/h3-4,8,12,21H,1-2,5-7,9-10H2,(H,19,22). The van der Waals surface area contributed by atoms with Gasteiger partial charge in [-0.25, -0.2) is 13.6 Å². The van der Waals surface area contributed by atoms with Crippen molar-refractivity contribution in [3.05, 3.63) is 35.4 Å². The second-order valence-electron chi connectivity index (χ2n) is 6.31. The molecule has 1 aliphatic heterocycles. The third-order valence-electron chi connectivity index (χ3n) is 4.62. The molecule has 0 spiro atoms. The summed E-state index contributed by atoms with van der Waals surface area (Å²) in [5.41, 5.74) is 0.0508. The summed E-state index contributed by atoms with van der Waals surface area (Å²) in [6, 6.07) is 3.38. The van der Waals surface area contributed by atoms with Crippen molar-refractivity contribution in [1.29, 1.82) is 0 Å². The van der Waals surface area contributed by atoms with Crippen LogP contribution < -0.4 is 5.32 Å². The molecule has 2 N–H and O–H groups in total. The minimum absolute atomic E-state index is 0.229. The highest BCUT2D eigenvalue weighted by atomic mass is 19.1. The Morgan fingerprint density at radius 3 is 2.82 bits per heavy atom. The monoisotopic (exact) mass is 310 g/mol. The maximum Gasteiger partial charge on any atom is 0.317 e. The van der Waals surface area contributed by atoms with Crippen molar-refractivity contribution >= 4 is 6.03 Å². The van der Waals surface area contributed by atoms with E-state index in [1.807, 2.05) is 0 Å². The van der Waals surface area contributed by atoms with E-state index < -0.39 is 23.2 Å². The minimum atomic E-state index is -0.594. The van der Waals surface area contributed by atoms with Crippen molar-refractivity contribution in [3.63, 3.8) is 0 Å². The molecule has 1 aliphatic carbocycles. The first-order valence-corrected chi connectivity index (χ1v) is 7.67. The van der Waals surface area contributed by atoms with Crippen molar-refractivity contribution in [1.82, 2.24) is 10.2 Å². The second kappa shape index (κ2) is 5.83. The van der Waals surface area contributed by atoms with E-state index in [-0.39, 0.29) is 6.03 Å². The summed E-state index contributed by atoms with van der Waals surface area (Å²) in [5.74, 6) is -1.15. The zero-order valence-corrected chi connectivity index (χ0v) is 12.3. The largest absolute Gasteiger partial charge is 0.391 e. The van der Waals surface area contributed by atoms with Gasteiger partial charge in [0.2, 0.25) is 0 Å². The van der Waals surface area contributed by atoms with Crippen LogP contribution in [0.3, 0.4) is 0 Å². The lowest BCUT2D eigenvalue weighted by Crippen LogP contribution is -2.48. The summed E-state index contributed by atoms with van der Waals surface area (Å²) in [7, 11) is 0. The van der Waals surface area contributed by atoms with Gasteiger partial charge in [-0.15, -0.1) is 0 Å². The quantitative estimate of drug-likeness (QED) is 0.899. The van der Waals surface area contributed by atoms with Crippen LogP contribution in [-0.2, 0) is 5.41 Å². The van der Waals surface area contributed by atoms with Crippen molar-refractivity contribution in [2.24, 2.45) is 0 Å². The zero-order valence-electron chi connectivity index (χ0n) is 12.3. The average Bonchev–Trinajstić information content (AvgIpc) is 3.25. The number of urea groups is 1. The van der Waals surface area contributed by atoms with Crippen LogP contribution in [-0.4, -0.2) is 41.8 Å². The maximum absolute atomic E-state index is 13.9. The molecular formula is C16H20F2N2O2. The number of aliphatic hydroxyl groups excluding tert-OH is 1. The fourth-order valence-corrected chi connectivity index (χ4v) is 3.11. The number of likely N-dealkylation sites (tertiary alicyclic amines) is 1. The molecule has 1 saturated heterocycles. The van der Waals surface area contributed by atoms with E-state index in [1.54, 1.807) is 4.90 Å². The van der Waals surface area contributed by atoms with Gasteiger partial charge in [0, 0.05) is 31.1 Å². The van der Waals surface area contributed by atoms with Gasteiger partial charge in [-0.3, -0.25) is 0 Å². The lowest BCUT2D eigenvalue weighted by atomic mass is 9.95. The van der Waals surface area contributed by atoms with Crippen molar-refractivity contribution < 1.29 is 18.7 Å². The number of nitrogens with one attached hydrogen (secondary N) is 1. The predicted molar refractivity (Wildman–Crippen MR) is 77.5 cm³/mol. The number of β-amino-alcohol motifs (C(OH)–C–C–N with tert-alkyl or cyclic N) is 1. The smallest absolute Gasteiger partial charge is 0.317 e. The van der Waals surface area contributed by atoms with Crippen LogP contribution in [0.15, 0.2) is 18.2 Å². The Hall–Kier alpha value is -1.69. The number of carbonyl (C=O) groups is 1. The van der Waals surface area contributed by atoms with Crippen molar-refractivity contribution in [2.45, 2.75) is 37.2 Å². The highest BCUT2D eigenvalue weighted by Crippen LogP contribution is 2.48. The SMILES string of the molecule is O=C(NCC1(c2ccc(F)cc2F)CC1)N1CCCC(O)C1. The molecule has 2 amide bonds. The van der Waals surface area contributed by atoms with E-state index in [1.165, 1.54) is 12.1 Å². The lowest BCUT2D eigenvalue weighted by molar-refractivity contribution is 0.0841. The molecule has 1 saturated carbocycles. The first-order chi connectivity index (χ1) is 10.5. The Balaban J connectivity index is 1.62. The second-order valence-corrected chi connectivity index (χ2v) is 6.31. The Labute approximate surface area is 128 Å². The van der Waals surface area contributed by atoms with Gasteiger partial charge in [0.05, 0.1) is 6.10 Å². The third-order valence-corrected chi connectivity index (χ3v) is 4.62. The van der Waals surface area contributed by atoms with Gasteiger partial charge in [-0.1, -0.05) is 6.07 Å². The normalized spacial score (nSPS) is 23.2. The van der Waals surface area contributed by atoms with E-state index in [0.717, 1.165) is 25.3 Å². The highest BCUT2D eigenvalue weighted by Gasteiger charge is 2.46. The van der Waals surface area contributed by atoms with E-state index >= 15 is 0 Å². The topological polar surface area (TPSA) is 52.6 Å². The van der Waals surface area contributed by atoms with Crippen LogP contribution in [0, 0.1) is 11.6 Å². The van der Waals surface area contributed by atoms with Gasteiger partial charge in [0.1, 0.15) is 11.6 Å².